The van der Waals surface area contributed by atoms with Gasteiger partial charge in [0.15, 0.2) is 0 Å². The lowest BCUT2D eigenvalue weighted by molar-refractivity contribution is -0.145. The Balaban J connectivity index is 1.61. The monoisotopic (exact) mass is 501 g/mol. The van der Waals surface area contributed by atoms with Crippen molar-refractivity contribution in [3.05, 3.63) is 24.3 Å². The fourth-order valence-electron chi connectivity index (χ4n) is 6.32. The number of rotatable bonds is 11. The van der Waals surface area contributed by atoms with Crippen LogP contribution < -0.4 is 15.4 Å². The Morgan fingerprint density at radius 2 is 1.89 bits per heavy atom. The van der Waals surface area contributed by atoms with Gasteiger partial charge in [-0.25, -0.2) is 0 Å². The summed E-state index contributed by atoms with van der Waals surface area (Å²) in [7, 11) is 0. The zero-order valence-electron chi connectivity index (χ0n) is 21.7. The summed E-state index contributed by atoms with van der Waals surface area (Å²) in [6.45, 7) is 8.60. The Morgan fingerprint density at radius 3 is 2.53 bits per heavy atom. The van der Waals surface area contributed by atoms with E-state index >= 15 is 0 Å². The second kappa shape index (κ2) is 10.4. The van der Waals surface area contributed by atoms with Gasteiger partial charge in [-0.15, -0.1) is 0 Å². The third-order valence-corrected chi connectivity index (χ3v) is 7.73. The first-order valence-corrected chi connectivity index (χ1v) is 13.1. The van der Waals surface area contributed by atoms with E-state index in [2.05, 4.69) is 10.6 Å². The molecule has 3 aliphatic heterocycles. The second-order valence-corrected chi connectivity index (χ2v) is 10.7. The summed E-state index contributed by atoms with van der Waals surface area (Å²) < 4.78 is 12.1. The van der Waals surface area contributed by atoms with Gasteiger partial charge in [-0.2, -0.15) is 0 Å². The van der Waals surface area contributed by atoms with Crippen LogP contribution in [-0.4, -0.2) is 70.8 Å². The summed E-state index contributed by atoms with van der Waals surface area (Å²) in [5, 5.41) is 15.1. The summed E-state index contributed by atoms with van der Waals surface area (Å²) >= 11 is 0. The first-order chi connectivity index (χ1) is 17.2. The van der Waals surface area contributed by atoms with E-state index in [-0.39, 0.29) is 30.4 Å². The number of aliphatic hydroxyl groups is 1. The maximum atomic E-state index is 13.9. The lowest BCUT2D eigenvalue weighted by atomic mass is 9.66. The van der Waals surface area contributed by atoms with Crippen molar-refractivity contribution in [2.45, 2.75) is 83.1 Å². The number of hydrogen-bond donors (Lipinski definition) is 3. The minimum Gasteiger partial charge on any atom is -0.494 e. The molecular formula is C27H39N3O6. The summed E-state index contributed by atoms with van der Waals surface area (Å²) in [5.74, 6) is -1.42. The predicted octanol–water partition coefficient (Wildman–Crippen LogP) is 2.48. The van der Waals surface area contributed by atoms with E-state index in [0.29, 0.717) is 50.3 Å². The molecule has 0 aromatic heterocycles. The van der Waals surface area contributed by atoms with E-state index < -0.39 is 29.1 Å². The summed E-state index contributed by atoms with van der Waals surface area (Å²) in [6, 6.07) is 6.26. The number of unbranched alkanes of at least 4 members (excludes halogenated alkanes) is 2. The van der Waals surface area contributed by atoms with Crippen molar-refractivity contribution in [1.82, 2.24) is 10.2 Å². The number of benzene rings is 1. The first-order valence-electron chi connectivity index (χ1n) is 13.1. The summed E-state index contributed by atoms with van der Waals surface area (Å²) in [5.41, 5.74) is -1.23. The van der Waals surface area contributed by atoms with Crippen LogP contribution in [0.25, 0.3) is 0 Å². The number of carbonyl (C=O) groups is 3. The number of amides is 3. The van der Waals surface area contributed by atoms with Gasteiger partial charge in [-0.3, -0.25) is 14.4 Å². The molecule has 3 aliphatic rings. The molecule has 3 heterocycles. The van der Waals surface area contributed by atoms with Crippen molar-refractivity contribution < 1.29 is 29.0 Å². The van der Waals surface area contributed by atoms with E-state index in [1.807, 2.05) is 27.7 Å². The fraction of sp³-hybridized carbons (Fsp3) is 0.667. The Labute approximate surface area is 212 Å². The van der Waals surface area contributed by atoms with Crippen LogP contribution in [-0.2, 0) is 19.1 Å². The van der Waals surface area contributed by atoms with Crippen LogP contribution in [0.3, 0.4) is 0 Å². The molecule has 4 rings (SSSR count). The molecule has 2 bridgehead atoms. The second-order valence-electron chi connectivity index (χ2n) is 10.7. The Morgan fingerprint density at radius 1 is 1.17 bits per heavy atom. The molecule has 9 nitrogen and oxygen atoms in total. The van der Waals surface area contributed by atoms with Gasteiger partial charge in [-0.1, -0.05) is 0 Å². The van der Waals surface area contributed by atoms with Crippen molar-refractivity contribution in [3.63, 3.8) is 0 Å². The van der Waals surface area contributed by atoms with Gasteiger partial charge < -0.3 is 30.1 Å². The number of carbonyl (C=O) groups excluding carboxylic acids is 3. The van der Waals surface area contributed by atoms with Gasteiger partial charge in [0, 0.05) is 24.9 Å². The molecular weight excluding hydrogens is 462 g/mol. The van der Waals surface area contributed by atoms with Gasteiger partial charge >= 0.3 is 0 Å². The minimum absolute atomic E-state index is 0.0903. The Hall–Kier alpha value is -2.65. The average Bonchev–Trinajstić information content (AvgIpc) is 3.38. The van der Waals surface area contributed by atoms with Crippen molar-refractivity contribution >= 4 is 23.4 Å². The molecule has 3 saturated heterocycles. The lowest BCUT2D eigenvalue weighted by Gasteiger charge is -2.34. The van der Waals surface area contributed by atoms with Crippen molar-refractivity contribution in [2.75, 3.05) is 25.1 Å². The Bertz CT molecular complexity index is 982. The van der Waals surface area contributed by atoms with Crippen molar-refractivity contribution in [1.29, 1.82) is 0 Å². The van der Waals surface area contributed by atoms with E-state index in [1.165, 1.54) is 0 Å². The molecule has 1 spiro atoms. The van der Waals surface area contributed by atoms with Crippen LogP contribution in [0.2, 0.25) is 0 Å². The van der Waals surface area contributed by atoms with Gasteiger partial charge in [0.25, 0.3) is 0 Å². The molecule has 9 heteroatoms. The van der Waals surface area contributed by atoms with Crippen LogP contribution in [0, 0.1) is 11.8 Å². The number of likely N-dealkylation sites (tertiary alicyclic amines) is 1. The average molecular weight is 502 g/mol. The van der Waals surface area contributed by atoms with Crippen LogP contribution in [0.15, 0.2) is 24.3 Å². The number of fused-ring (bicyclic) bond motifs is 1. The molecule has 3 N–H and O–H groups in total. The molecule has 0 radical (unpaired) electrons. The van der Waals surface area contributed by atoms with Crippen molar-refractivity contribution in [3.8, 4) is 5.75 Å². The predicted molar refractivity (Wildman–Crippen MR) is 134 cm³/mol. The molecule has 5 atom stereocenters. The molecule has 0 aliphatic carbocycles. The fourth-order valence-corrected chi connectivity index (χ4v) is 6.32. The summed E-state index contributed by atoms with van der Waals surface area (Å²) in [6.07, 6.45) is 3.21. The maximum Gasteiger partial charge on any atom is 0.246 e. The highest BCUT2D eigenvalue weighted by atomic mass is 16.5. The number of aliphatic hydroxyl groups excluding tert-OH is 1. The molecule has 0 saturated carbocycles. The normalized spacial score (nSPS) is 30.6. The number of ether oxygens (including phenoxy) is 2. The van der Waals surface area contributed by atoms with E-state index in [9.17, 15) is 14.4 Å². The van der Waals surface area contributed by atoms with Gasteiger partial charge in [0.2, 0.25) is 17.7 Å². The molecule has 36 heavy (non-hydrogen) atoms. The van der Waals surface area contributed by atoms with Crippen LogP contribution in [0.1, 0.15) is 59.8 Å². The van der Waals surface area contributed by atoms with E-state index in [1.54, 1.807) is 29.2 Å². The number of hydrogen-bond acceptors (Lipinski definition) is 6. The molecule has 198 valence electrons. The molecule has 3 amide bonds. The SMILES string of the molecule is CCOc1ccc(NC(=O)[C@@H]2[C@H]3C(=O)N(CCCCCO)C(C(=O)NC(C)C)C34CC[C@@]2(C)O4)cc1. The topological polar surface area (TPSA) is 117 Å². The highest BCUT2D eigenvalue weighted by Crippen LogP contribution is 2.63. The number of nitrogens with zero attached hydrogens (tertiary/aromatic N) is 1. The summed E-state index contributed by atoms with van der Waals surface area (Å²) in [4.78, 5) is 42.6. The third-order valence-electron chi connectivity index (χ3n) is 7.73. The smallest absolute Gasteiger partial charge is 0.246 e. The number of nitrogens with one attached hydrogen (secondary N) is 2. The van der Waals surface area contributed by atoms with Gasteiger partial charge in [0.05, 0.1) is 24.0 Å². The van der Waals surface area contributed by atoms with E-state index in [4.69, 9.17) is 14.6 Å². The first kappa shape index (κ1) is 26.4. The largest absolute Gasteiger partial charge is 0.494 e. The minimum atomic E-state index is -1.03. The van der Waals surface area contributed by atoms with Gasteiger partial charge in [-0.05, 0) is 84.1 Å². The lowest BCUT2D eigenvalue weighted by Crippen LogP contribution is -2.56. The van der Waals surface area contributed by atoms with Gasteiger partial charge in [0.1, 0.15) is 17.4 Å². The molecule has 3 fully saturated rings. The molecule has 1 aromatic carbocycles. The molecule has 2 unspecified atom stereocenters. The zero-order valence-corrected chi connectivity index (χ0v) is 21.7. The highest BCUT2D eigenvalue weighted by Gasteiger charge is 2.77. The Kier molecular flexibility index (Phi) is 7.61. The van der Waals surface area contributed by atoms with Crippen LogP contribution >= 0.6 is 0 Å². The standard InChI is InChI=1S/C27H39N3O6/c1-5-35-19-11-9-18(10-12-19)29-23(32)20-21-25(34)30(15-7-6-8-16-31)22(24(33)28-17(2)3)27(21)14-13-26(20,4)36-27/h9-12,17,20-22,31H,5-8,13-16H2,1-4H3,(H,28,33)(H,29,32)/t20-,21-,22?,26+,27?/m0/s1. The highest BCUT2D eigenvalue weighted by molar-refractivity contribution is 6.02. The maximum absolute atomic E-state index is 13.9. The molecule has 1 aromatic rings. The van der Waals surface area contributed by atoms with E-state index in [0.717, 1.165) is 6.42 Å². The quantitative estimate of drug-likeness (QED) is 0.401. The van der Waals surface area contributed by atoms with Crippen LogP contribution in [0.4, 0.5) is 5.69 Å². The third kappa shape index (κ3) is 4.59. The van der Waals surface area contributed by atoms with Crippen molar-refractivity contribution in [2.24, 2.45) is 11.8 Å². The number of anilines is 1. The zero-order chi connectivity index (χ0) is 26.1. The van der Waals surface area contributed by atoms with Crippen LogP contribution in [0.5, 0.6) is 5.75 Å².